The normalized spacial score (nSPS) is 31.9. The van der Waals surface area contributed by atoms with Gasteiger partial charge < -0.3 is 4.90 Å². The van der Waals surface area contributed by atoms with Gasteiger partial charge in [-0.2, -0.15) is 0 Å². The molecule has 0 N–H and O–H groups in total. The Morgan fingerprint density at radius 3 is 2.50 bits per heavy atom. The highest BCUT2D eigenvalue weighted by molar-refractivity contribution is 4.75. The zero-order chi connectivity index (χ0) is 9.80. The van der Waals surface area contributed by atoms with Gasteiger partial charge >= 0.3 is 0 Å². The van der Waals surface area contributed by atoms with E-state index in [2.05, 4.69) is 11.8 Å². The van der Waals surface area contributed by atoms with E-state index < -0.39 is 0 Å². The van der Waals surface area contributed by atoms with Crippen molar-refractivity contribution in [3.8, 4) is 0 Å². The van der Waals surface area contributed by atoms with Crippen LogP contribution in [0, 0.1) is 11.8 Å². The minimum Gasteiger partial charge on any atom is -0.303 e. The smallest absolute Gasteiger partial charge is 0.000977 e. The quantitative estimate of drug-likeness (QED) is 0.653. The van der Waals surface area contributed by atoms with Crippen molar-refractivity contribution in [2.45, 2.75) is 51.9 Å². The van der Waals surface area contributed by atoms with E-state index >= 15 is 0 Å². The molecule has 82 valence electrons. The lowest BCUT2D eigenvalue weighted by Gasteiger charge is -2.34. The molecule has 1 saturated carbocycles. The summed E-state index contributed by atoms with van der Waals surface area (Å²) in [6.07, 6.45) is 10.4. The lowest BCUT2D eigenvalue weighted by atomic mass is 9.88. The van der Waals surface area contributed by atoms with Crippen molar-refractivity contribution in [3.63, 3.8) is 0 Å². The first-order valence-electron chi connectivity index (χ1n) is 6.57. The summed E-state index contributed by atoms with van der Waals surface area (Å²) in [5, 5.41) is 0. The summed E-state index contributed by atoms with van der Waals surface area (Å²) in [6.45, 7) is 6.56. The lowest BCUT2D eigenvalue weighted by Crippen LogP contribution is -2.38. The van der Waals surface area contributed by atoms with Crippen molar-refractivity contribution < 1.29 is 0 Å². The van der Waals surface area contributed by atoms with Gasteiger partial charge in [0, 0.05) is 13.1 Å². The molecule has 0 radical (unpaired) electrons. The molecule has 0 spiro atoms. The lowest BCUT2D eigenvalue weighted by molar-refractivity contribution is 0.144. The second-order valence-corrected chi connectivity index (χ2v) is 5.51. The Morgan fingerprint density at radius 1 is 1.00 bits per heavy atom. The van der Waals surface area contributed by atoms with E-state index in [1.807, 2.05) is 0 Å². The van der Waals surface area contributed by atoms with Crippen LogP contribution in [0.25, 0.3) is 0 Å². The highest BCUT2D eigenvalue weighted by atomic mass is 15.1. The molecule has 1 aliphatic carbocycles. The SMILES string of the molecule is CC1CCCN(CC2CCCCC2)C1. The summed E-state index contributed by atoms with van der Waals surface area (Å²) in [6, 6.07) is 0. The molecular formula is C13H25N. The van der Waals surface area contributed by atoms with Crippen LogP contribution >= 0.6 is 0 Å². The molecule has 0 aromatic heterocycles. The van der Waals surface area contributed by atoms with Crippen LogP contribution < -0.4 is 0 Å². The summed E-state index contributed by atoms with van der Waals surface area (Å²) in [4.78, 5) is 2.73. The summed E-state index contributed by atoms with van der Waals surface area (Å²) in [5.41, 5.74) is 0. The maximum Gasteiger partial charge on any atom is 0.000977 e. The van der Waals surface area contributed by atoms with Gasteiger partial charge in [-0.15, -0.1) is 0 Å². The van der Waals surface area contributed by atoms with E-state index in [1.165, 1.54) is 64.6 Å². The third-order valence-electron chi connectivity index (χ3n) is 3.98. The monoisotopic (exact) mass is 195 g/mol. The molecule has 0 bridgehead atoms. The second kappa shape index (κ2) is 5.16. The standard InChI is InChI=1S/C13H25N/c1-12-6-5-9-14(10-12)11-13-7-3-2-4-8-13/h12-13H,2-11H2,1H3. The predicted molar refractivity (Wildman–Crippen MR) is 61.4 cm³/mol. The van der Waals surface area contributed by atoms with Gasteiger partial charge in [0.05, 0.1) is 0 Å². The van der Waals surface area contributed by atoms with Crippen LogP contribution in [0.5, 0.6) is 0 Å². The van der Waals surface area contributed by atoms with Gasteiger partial charge in [-0.3, -0.25) is 0 Å². The van der Waals surface area contributed by atoms with Gasteiger partial charge in [0.2, 0.25) is 0 Å². The van der Waals surface area contributed by atoms with Crippen molar-refractivity contribution in [3.05, 3.63) is 0 Å². The largest absolute Gasteiger partial charge is 0.303 e. The maximum atomic E-state index is 2.73. The van der Waals surface area contributed by atoms with Gasteiger partial charge in [0.15, 0.2) is 0 Å². The molecular weight excluding hydrogens is 170 g/mol. The highest BCUT2D eigenvalue weighted by Crippen LogP contribution is 2.26. The van der Waals surface area contributed by atoms with Crippen molar-refractivity contribution in [2.24, 2.45) is 11.8 Å². The zero-order valence-electron chi connectivity index (χ0n) is 9.67. The van der Waals surface area contributed by atoms with Gasteiger partial charge in [0.1, 0.15) is 0 Å². The number of nitrogens with zero attached hydrogens (tertiary/aromatic N) is 1. The van der Waals surface area contributed by atoms with Crippen molar-refractivity contribution >= 4 is 0 Å². The molecule has 1 aliphatic heterocycles. The van der Waals surface area contributed by atoms with E-state index in [9.17, 15) is 0 Å². The number of likely N-dealkylation sites (tertiary alicyclic amines) is 1. The van der Waals surface area contributed by atoms with Gasteiger partial charge in [-0.25, -0.2) is 0 Å². The van der Waals surface area contributed by atoms with Crippen LogP contribution in [0.15, 0.2) is 0 Å². The fraction of sp³-hybridized carbons (Fsp3) is 1.00. The molecule has 1 nitrogen and oxygen atoms in total. The molecule has 1 heterocycles. The molecule has 2 rings (SSSR count). The molecule has 2 aliphatic rings. The van der Waals surface area contributed by atoms with Crippen molar-refractivity contribution in [1.29, 1.82) is 0 Å². The third-order valence-corrected chi connectivity index (χ3v) is 3.98. The summed E-state index contributed by atoms with van der Waals surface area (Å²) in [5.74, 6) is 1.99. The van der Waals surface area contributed by atoms with Gasteiger partial charge in [-0.1, -0.05) is 26.2 Å². The van der Waals surface area contributed by atoms with Crippen LogP contribution in [0.2, 0.25) is 0 Å². The second-order valence-electron chi connectivity index (χ2n) is 5.51. The molecule has 0 aromatic carbocycles. The average molecular weight is 195 g/mol. The summed E-state index contributed by atoms with van der Waals surface area (Å²) < 4.78 is 0. The molecule has 1 atom stereocenters. The topological polar surface area (TPSA) is 3.24 Å². The zero-order valence-corrected chi connectivity index (χ0v) is 9.67. The first-order chi connectivity index (χ1) is 6.84. The fourth-order valence-corrected chi connectivity index (χ4v) is 3.19. The average Bonchev–Trinajstić information content (AvgIpc) is 2.19. The number of hydrogen-bond acceptors (Lipinski definition) is 1. The molecule has 2 fully saturated rings. The molecule has 1 heteroatoms. The van der Waals surface area contributed by atoms with Gasteiger partial charge in [-0.05, 0) is 44.1 Å². The molecule has 0 aromatic rings. The minimum absolute atomic E-state index is 0.951. The summed E-state index contributed by atoms with van der Waals surface area (Å²) >= 11 is 0. The Labute approximate surface area is 88.9 Å². The van der Waals surface area contributed by atoms with E-state index in [0.29, 0.717) is 0 Å². The van der Waals surface area contributed by atoms with Crippen LogP contribution in [0.1, 0.15) is 51.9 Å². The van der Waals surface area contributed by atoms with E-state index in [0.717, 1.165) is 11.8 Å². The van der Waals surface area contributed by atoms with Crippen LogP contribution in [0.3, 0.4) is 0 Å². The highest BCUT2D eigenvalue weighted by Gasteiger charge is 2.20. The Hall–Kier alpha value is -0.0400. The minimum atomic E-state index is 0.951. The Balaban J connectivity index is 1.72. The van der Waals surface area contributed by atoms with E-state index in [-0.39, 0.29) is 0 Å². The van der Waals surface area contributed by atoms with Crippen molar-refractivity contribution in [2.75, 3.05) is 19.6 Å². The molecule has 14 heavy (non-hydrogen) atoms. The molecule has 1 unspecified atom stereocenters. The Bertz CT molecular complexity index is 161. The van der Waals surface area contributed by atoms with Crippen LogP contribution in [-0.4, -0.2) is 24.5 Å². The first kappa shape index (κ1) is 10.5. The Kier molecular flexibility index (Phi) is 3.86. The predicted octanol–water partition coefficient (Wildman–Crippen LogP) is 3.30. The Morgan fingerprint density at radius 2 is 1.79 bits per heavy atom. The first-order valence-corrected chi connectivity index (χ1v) is 6.57. The van der Waals surface area contributed by atoms with Crippen LogP contribution in [0.4, 0.5) is 0 Å². The maximum absolute atomic E-state index is 2.73. The van der Waals surface area contributed by atoms with E-state index in [4.69, 9.17) is 0 Å². The van der Waals surface area contributed by atoms with Crippen molar-refractivity contribution in [1.82, 2.24) is 4.90 Å². The molecule has 1 saturated heterocycles. The fourth-order valence-electron chi connectivity index (χ4n) is 3.19. The van der Waals surface area contributed by atoms with E-state index in [1.54, 1.807) is 0 Å². The number of rotatable bonds is 2. The number of piperidine rings is 1. The third kappa shape index (κ3) is 2.98. The van der Waals surface area contributed by atoms with Gasteiger partial charge in [0.25, 0.3) is 0 Å². The summed E-state index contributed by atoms with van der Waals surface area (Å²) in [7, 11) is 0. The number of hydrogen-bond donors (Lipinski definition) is 0. The molecule has 0 amide bonds. The van der Waals surface area contributed by atoms with Crippen LogP contribution in [-0.2, 0) is 0 Å².